The highest BCUT2D eigenvalue weighted by atomic mass is 19.1. The maximum Gasteiger partial charge on any atom is 0.319 e. The summed E-state index contributed by atoms with van der Waals surface area (Å²) < 4.78 is 38.4. The van der Waals surface area contributed by atoms with Crippen LogP contribution in [0, 0.1) is 29.9 Å². The minimum absolute atomic E-state index is 0.0111. The summed E-state index contributed by atoms with van der Waals surface area (Å²) in [6.07, 6.45) is 13.5. The van der Waals surface area contributed by atoms with Crippen LogP contribution >= 0.6 is 0 Å². The van der Waals surface area contributed by atoms with Gasteiger partial charge in [0.15, 0.2) is 5.82 Å². The zero-order valence-electron chi connectivity index (χ0n) is 26.7. The lowest BCUT2D eigenvalue weighted by molar-refractivity contribution is 0.108. The van der Waals surface area contributed by atoms with Crippen LogP contribution in [-0.4, -0.2) is 74.9 Å². The number of terminal acetylenes is 1. The molecule has 0 amide bonds. The number of hydrogen-bond acceptors (Lipinski definition) is 8. The molecule has 2 atom stereocenters. The molecule has 4 saturated heterocycles. The van der Waals surface area contributed by atoms with Gasteiger partial charge in [-0.05, 0) is 68.0 Å². The molecule has 4 aliphatic heterocycles. The van der Waals surface area contributed by atoms with Crippen molar-refractivity contribution in [2.24, 2.45) is 5.92 Å². The van der Waals surface area contributed by atoms with Gasteiger partial charge in [0.2, 0.25) is 0 Å². The Balaban J connectivity index is 1.19. The number of aromatic hydroxyl groups is 1. The average Bonchev–Trinajstić information content (AvgIpc) is 3.75. The number of rotatable bonds is 6. The Hall–Kier alpha value is -4.59. The van der Waals surface area contributed by atoms with Crippen molar-refractivity contribution in [3.8, 4) is 35.4 Å². The summed E-state index contributed by atoms with van der Waals surface area (Å²) in [5.41, 5.74) is 2.12. The van der Waals surface area contributed by atoms with Crippen LogP contribution in [0.25, 0.3) is 32.9 Å². The summed E-state index contributed by atoms with van der Waals surface area (Å²) in [6, 6.07) is 5.97. The Kier molecular flexibility index (Phi) is 6.43. The molecule has 244 valence electrons. The topological polar surface area (TPSA) is 86.6 Å². The second kappa shape index (κ2) is 10.5. The molecule has 6 heterocycles. The number of fused-ring (bicyclic) bond motifs is 5. The molecule has 9 rings (SSSR count). The molecule has 2 bridgehead atoms. The van der Waals surface area contributed by atoms with E-state index in [1.807, 2.05) is 0 Å². The molecule has 4 aromatic rings. The molecule has 48 heavy (non-hydrogen) atoms. The Morgan fingerprint density at radius 3 is 2.65 bits per heavy atom. The van der Waals surface area contributed by atoms with Gasteiger partial charge in [-0.2, -0.15) is 9.97 Å². The zero-order valence-corrected chi connectivity index (χ0v) is 26.7. The van der Waals surface area contributed by atoms with Gasteiger partial charge in [-0.3, -0.25) is 9.88 Å². The maximum atomic E-state index is 17.0. The first kappa shape index (κ1) is 29.5. The van der Waals surface area contributed by atoms with Crippen molar-refractivity contribution in [3.63, 3.8) is 0 Å². The van der Waals surface area contributed by atoms with Gasteiger partial charge in [-0.1, -0.05) is 36.3 Å². The number of nitrogens with one attached hydrogen (secondary N) is 1. The molecule has 0 unspecified atom stereocenters. The van der Waals surface area contributed by atoms with Gasteiger partial charge in [0.25, 0.3) is 0 Å². The van der Waals surface area contributed by atoms with E-state index in [1.165, 1.54) is 37.1 Å². The first-order chi connectivity index (χ1) is 23.1. The van der Waals surface area contributed by atoms with E-state index >= 15 is 4.39 Å². The van der Waals surface area contributed by atoms with Gasteiger partial charge in [-0.25, -0.2) is 8.78 Å². The van der Waals surface area contributed by atoms with Crippen molar-refractivity contribution in [1.82, 2.24) is 25.2 Å². The lowest BCUT2D eigenvalue weighted by atomic mass is 9.90. The molecule has 8 nitrogen and oxygen atoms in total. The van der Waals surface area contributed by atoms with Crippen LogP contribution in [0.2, 0.25) is 0 Å². The summed E-state index contributed by atoms with van der Waals surface area (Å²) in [7, 11) is 0. The van der Waals surface area contributed by atoms with Crippen LogP contribution in [0.4, 0.5) is 14.6 Å². The number of piperazine rings is 1. The molecule has 0 radical (unpaired) electrons. The van der Waals surface area contributed by atoms with Gasteiger partial charge >= 0.3 is 6.01 Å². The van der Waals surface area contributed by atoms with E-state index in [4.69, 9.17) is 16.1 Å². The van der Waals surface area contributed by atoms with E-state index in [1.54, 1.807) is 6.20 Å². The third-order valence-corrected chi connectivity index (χ3v) is 11.2. The number of phenolic OH excluding ortho intramolecular Hbond substituents is 1. The average molecular weight is 647 g/mol. The predicted molar refractivity (Wildman–Crippen MR) is 181 cm³/mol. The van der Waals surface area contributed by atoms with E-state index in [0.717, 1.165) is 63.0 Å². The number of phenols is 1. The van der Waals surface area contributed by atoms with Crippen LogP contribution in [0.3, 0.4) is 0 Å². The number of anilines is 1. The SMILES string of the molecule is C#Cc1c(F)ccc2cc(O)cc(-c3ncc4c(N5C[C@@H]6CC[C@](C7CC7)(C5)N6)nc(OCC56CC(=C)CN5CC(=C)C6)nc4c3F)c12. The molecule has 0 spiro atoms. The number of ether oxygens (including phenoxy) is 1. The Labute approximate surface area is 277 Å². The van der Waals surface area contributed by atoms with E-state index in [9.17, 15) is 9.50 Å². The Morgan fingerprint density at radius 2 is 1.90 bits per heavy atom. The summed E-state index contributed by atoms with van der Waals surface area (Å²) in [5, 5.41) is 15.7. The first-order valence-electron chi connectivity index (χ1n) is 16.7. The highest BCUT2D eigenvalue weighted by Gasteiger charge is 2.53. The molecule has 10 heteroatoms. The highest BCUT2D eigenvalue weighted by Crippen LogP contribution is 2.49. The van der Waals surface area contributed by atoms with Gasteiger partial charge in [-0.15, -0.1) is 6.42 Å². The third kappa shape index (κ3) is 4.51. The number of pyridine rings is 1. The van der Waals surface area contributed by atoms with Gasteiger partial charge in [0, 0.05) is 54.9 Å². The Bertz CT molecular complexity index is 2100. The molecule has 2 aromatic heterocycles. The third-order valence-electron chi connectivity index (χ3n) is 11.2. The van der Waals surface area contributed by atoms with Crippen LogP contribution in [-0.2, 0) is 0 Å². The molecule has 5 fully saturated rings. The summed E-state index contributed by atoms with van der Waals surface area (Å²) in [4.78, 5) is 18.8. The van der Waals surface area contributed by atoms with Gasteiger partial charge in [0.05, 0.1) is 16.5 Å². The number of aromatic nitrogens is 3. The van der Waals surface area contributed by atoms with Crippen molar-refractivity contribution >= 4 is 27.5 Å². The smallest absolute Gasteiger partial charge is 0.319 e. The molecular weight excluding hydrogens is 610 g/mol. The van der Waals surface area contributed by atoms with Crippen molar-refractivity contribution in [3.05, 3.63) is 72.0 Å². The standard InChI is InChI=1S/C38H36F2N6O2/c1-4-27-30(39)8-5-23-11-26(47)12-28(31(23)27)33-32(40)34-29(15-41-33)35(45-18-25-9-10-38(19-45,44-25)24-6-7-24)43-36(42-34)48-20-37-13-21(2)16-46(37)17-22(3)14-37/h1,5,8,11-12,15,24-25,44,47H,2-3,6-7,9-10,13-14,16-20H2/t25-,38+/m0/s1. The fraction of sp³-hybridized carbons (Fsp3) is 0.395. The van der Waals surface area contributed by atoms with E-state index in [0.29, 0.717) is 40.5 Å². The van der Waals surface area contributed by atoms with E-state index in [-0.39, 0.29) is 45.2 Å². The molecule has 2 N–H and O–H groups in total. The van der Waals surface area contributed by atoms with Crippen molar-refractivity contribution in [2.45, 2.75) is 55.6 Å². The molecular formula is C38H36F2N6O2. The fourth-order valence-corrected chi connectivity index (χ4v) is 9.08. The lowest BCUT2D eigenvalue weighted by Gasteiger charge is -2.42. The van der Waals surface area contributed by atoms with Gasteiger partial charge < -0.3 is 20.1 Å². The number of nitrogens with zero attached hydrogens (tertiary/aromatic N) is 5. The lowest BCUT2D eigenvalue weighted by Crippen LogP contribution is -2.61. The van der Waals surface area contributed by atoms with Crippen molar-refractivity contribution in [1.29, 1.82) is 0 Å². The van der Waals surface area contributed by atoms with Crippen molar-refractivity contribution < 1.29 is 18.6 Å². The van der Waals surface area contributed by atoms with Gasteiger partial charge in [0.1, 0.15) is 35.2 Å². The van der Waals surface area contributed by atoms with Crippen LogP contribution in [0.1, 0.15) is 44.1 Å². The van der Waals surface area contributed by atoms with E-state index in [2.05, 4.69) is 44.2 Å². The summed E-state index contributed by atoms with van der Waals surface area (Å²) >= 11 is 0. The fourth-order valence-electron chi connectivity index (χ4n) is 9.08. The normalized spacial score (nSPS) is 24.9. The summed E-state index contributed by atoms with van der Waals surface area (Å²) in [5.74, 6) is 2.15. The van der Waals surface area contributed by atoms with Crippen molar-refractivity contribution in [2.75, 3.05) is 37.7 Å². The monoisotopic (exact) mass is 646 g/mol. The van der Waals surface area contributed by atoms with Crippen LogP contribution in [0.15, 0.2) is 54.8 Å². The first-order valence-corrected chi connectivity index (χ1v) is 16.7. The summed E-state index contributed by atoms with van der Waals surface area (Å²) in [6.45, 7) is 11.8. The second-order valence-corrected chi connectivity index (χ2v) is 14.6. The molecule has 5 aliphatic rings. The maximum absolute atomic E-state index is 17.0. The number of halogens is 2. The zero-order chi connectivity index (χ0) is 32.9. The highest BCUT2D eigenvalue weighted by molar-refractivity contribution is 6.03. The Morgan fingerprint density at radius 1 is 1.10 bits per heavy atom. The molecule has 1 saturated carbocycles. The quantitative estimate of drug-likeness (QED) is 0.199. The second-order valence-electron chi connectivity index (χ2n) is 14.6. The molecule has 1 aliphatic carbocycles. The number of benzene rings is 2. The minimum atomic E-state index is -0.724. The van der Waals surface area contributed by atoms with E-state index < -0.39 is 11.6 Å². The van der Waals surface area contributed by atoms with Crippen LogP contribution in [0.5, 0.6) is 11.8 Å². The largest absolute Gasteiger partial charge is 0.508 e. The van der Waals surface area contributed by atoms with Crippen LogP contribution < -0.4 is 15.0 Å². The molecule has 2 aromatic carbocycles. The number of hydrogen-bond donors (Lipinski definition) is 2. The predicted octanol–water partition coefficient (Wildman–Crippen LogP) is 5.87. The minimum Gasteiger partial charge on any atom is -0.508 e.